The number of carbonyl (C=O) groups excluding carboxylic acids is 1. The molecule has 1 aromatic heterocycles. The van der Waals surface area contributed by atoms with E-state index in [0.717, 1.165) is 0 Å². The minimum atomic E-state index is -0.879. The average Bonchev–Trinajstić information content (AvgIpc) is 2.94. The van der Waals surface area contributed by atoms with Gasteiger partial charge in [0.1, 0.15) is 28.1 Å². The van der Waals surface area contributed by atoms with Crippen molar-refractivity contribution in [3.8, 4) is 6.07 Å². The summed E-state index contributed by atoms with van der Waals surface area (Å²) in [6.45, 7) is 3.87. The summed E-state index contributed by atoms with van der Waals surface area (Å²) in [6.07, 6.45) is 0.764. The van der Waals surface area contributed by atoms with Gasteiger partial charge in [-0.05, 0) is 11.5 Å². The van der Waals surface area contributed by atoms with Crippen LogP contribution in [0.5, 0.6) is 0 Å². The molecule has 3 rings (SSSR count). The third-order valence-corrected chi connectivity index (χ3v) is 4.15. The molecule has 24 heavy (non-hydrogen) atoms. The van der Waals surface area contributed by atoms with Gasteiger partial charge < -0.3 is 14.9 Å². The molecule has 0 radical (unpaired) electrons. The van der Waals surface area contributed by atoms with Crippen LogP contribution in [0.25, 0.3) is 0 Å². The summed E-state index contributed by atoms with van der Waals surface area (Å²) in [4.78, 5) is 22.8. The summed E-state index contributed by atoms with van der Waals surface area (Å²) in [5, 5.41) is 20.3. The van der Waals surface area contributed by atoms with E-state index in [2.05, 4.69) is 0 Å². The second kappa shape index (κ2) is 5.23. The lowest BCUT2D eigenvalue weighted by Gasteiger charge is -2.36. The van der Waals surface area contributed by atoms with Gasteiger partial charge in [-0.3, -0.25) is 14.9 Å². The molecule has 0 amide bonds. The zero-order chi connectivity index (χ0) is 17.6. The molecule has 0 saturated carbocycles. The van der Waals surface area contributed by atoms with E-state index in [1.165, 1.54) is 12.1 Å². The molecule has 0 fully saturated rings. The summed E-state index contributed by atoms with van der Waals surface area (Å²) in [7, 11) is 0. The Balaban J connectivity index is 2.16. The van der Waals surface area contributed by atoms with Crippen molar-refractivity contribution in [2.24, 2.45) is 11.1 Å². The number of ketones is 1. The Labute approximate surface area is 137 Å². The summed E-state index contributed by atoms with van der Waals surface area (Å²) in [5.41, 5.74) is 5.86. The zero-order valence-electron chi connectivity index (χ0n) is 13.2. The predicted molar refractivity (Wildman–Crippen MR) is 81.1 cm³/mol. The van der Waals surface area contributed by atoms with Crippen LogP contribution < -0.4 is 5.73 Å². The van der Waals surface area contributed by atoms with Crippen molar-refractivity contribution in [3.05, 3.63) is 50.8 Å². The molecule has 124 valence electrons. The molecule has 1 aliphatic carbocycles. The van der Waals surface area contributed by atoms with Gasteiger partial charge in [0.15, 0.2) is 5.78 Å². The van der Waals surface area contributed by atoms with Crippen molar-refractivity contribution in [1.29, 1.82) is 5.26 Å². The molecule has 8 nitrogen and oxygen atoms in total. The number of Topliss-reactive ketones (excluding diaryl/α,β-unsaturated/α-hetero) is 1. The minimum absolute atomic E-state index is 0.0195. The molecule has 0 bridgehead atoms. The van der Waals surface area contributed by atoms with Crippen LogP contribution >= 0.6 is 0 Å². The van der Waals surface area contributed by atoms with Gasteiger partial charge in [0, 0.05) is 18.4 Å². The van der Waals surface area contributed by atoms with Gasteiger partial charge >= 0.3 is 5.88 Å². The number of rotatable bonds is 2. The maximum atomic E-state index is 12.7. The Kier molecular flexibility index (Phi) is 3.44. The standard InChI is InChI=1S/C16H15N3O5/c1-16(2)5-9(20)14-11(6-16)24-15(18)8(7-17)13(14)10-3-4-12(23-10)19(21)22/h3-4,13H,5-6,18H2,1-2H3. The quantitative estimate of drug-likeness (QED) is 0.651. The number of nitrogens with two attached hydrogens (primary N) is 1. The lowest BCUT2D eigenvalue weighted by atomic mass is 9.71. The number of nitriles is 1. The first-order chi connectivity index (χ1) is 11.2. The minimum Gasteiger partial charge on any atom is -0.444 e. The Morgan fingerprint density at radius 2 is 2.12 bits per heavy atom. The molecule has 8 heteroatoms. The highest BCUT2D eigenvalue weighted by molar-refractivity contribution is 5.99. The molecule has 1 atom stereocenters. The van der Waals surface area contributed by atoms with Crippen molar-refractivity contribution < 1.29 is 18.9 Å². The predicted octanol–water partition coefficient (Wildman–Crippen LogP) is 2.64. The van der Waals surface area contributed by atoms with E-state index in [1.807, 2.05) is 19.9 Å². The Bertz CT molecular complexity index is 853. The first-order valence-corrected chi connectivity index (χ1v) is 7.31. The van der Waals surface area contributed by atoms with E-state index in [4.69, 9.17) is 14.9 Å². The fourth-order valence-corrected chi connectivity index (χ4v) is 3.16. The number of furan rings is 1. The van der Waals surface area contributed by atoms with E-state index in [-0.39, 0.29) is 34.8 Å². The molecule has 0 aromatic carbocycles. The zero-order valence-corrected chi connectivity index (χ0v) is 13.2. The molecule has 1 aliphatic heterocycles. The lowest BCUT2D eigenvalue weighted by molar-refractivity contribution is -0.402. The van der Waals surface area contributed by atoms with E-state index in [1.54, 1.807) is 0 Å². The van der Waals surface area contributed by atoms with E-state index in [0.29, 0.717) is 17.8 Å². The summed E-state index contributed by atoms with van der Waals surface area (Å²) in [5.74, 6) is -1.09. The summed E-state index contributed by atoms with van der Waals surface area (Å²) >= 11 is 0. The number of carbonyl (C=O) groups is 1. The SMILES string of the molecule is CC1(C)CC(=O)C2=C(C1)OC(N)=C(C#N)C2c1ccc([N+](=O)[O-])o1. The Morgan fingerprint density at radius 1 is 1.42 bits per heavy atom. The maximum absolute atomic E-state index is 12.7. The fourth-order valence-electron chi connectivity index (χ4n) is 3.16. The number of allylic oxidation sites excluding steroid dienone is 3. The summed E-state index contributed by atoms with van der Waals surface area (Å²) < 4.78 is 10.8. The highest BCUT2D eigenvalue weighted by Gasteiger charge is 2.44. The van der Waals surface area contributed by atoms with E-state index < -0.39 is 16.7 Å². The number of nitrogens with zero attached hydrogens (tertiary/aromatic N) is 2. The lowest BCUT2D eigenvalue weighted by Crippen LogP contribution is -2.33. The third kappa shape index (κ3) is 2.44. The molecule has 2 aliphatic rings. The molecule has 1 aromatic rings. The van der Waals surface area contributed by atoms with Gasteiger partial charge in [-0.2, -0.15) is 5.26 Å². The van der Waals surface area contributed by atoms with Crippen LogP contribution in [0.3, 0.4) is 0 Å². The first kappa shape index (κ1) is 15.8. The summed E-state index contributed by atoms with van der Waals surface area (Å²) in [6, 6.07) is 4.50. The van der Waals surface area contributed by atoms with Crippen LogP contribution in [0.1, 0.15) is 38.4 Å². The highest BCUT2D eigenvalue weighted by Crippen LogP contribution is 2.48. The average molecular weight is 329 g/mol. The molecule has 2 N–H and O–H groups in total. The second-order valence-corrected chi connectivity index (χ2v) is 6.64. The molecule has 1 unspecified atom stereocenters. The van der Waals surface area contributed by atoms with Crippen molar-refractivity contribution in [3.63, 3.8) is 0 Å². The molecule has 2 heterocycles. The van der Waals surface area contributed by atoms with Crippen LogP contribution in [0.15, 0.2) is 39.3 Å². The van der Waals surface area contributed by atoms with Gasteiger partial charge in [0.2, 0.25) is 5.88 Å². The highest BCUT2D eigenvalue weighted by atomic mass is 16.6. The van der Waals surface area contributed by atoms with Gasteiger partial charge in [-0.1, -0.05) is 13.8 Å². The molecular weight excluding hydrogens is 314 g/mol. The first-order valence-electron chi connectivity index (χ1n) is 7.31. The van der Waals surface area contributed by atoms with Gasteiger partial charge in [-0.15, -0.1) is 0 Å². The fraction of sp³-hybridized carbons (Fsp3) is 0.375. The Morgan fingerprint density at radius 3 is 2.71 bits per heavy atom. The van der Waals surface area contributed by atoms with Crippen molar-refractivity contribution >= 4 is 11.7 Å². The second-order valence-electron chi connectivity index (χ2n) is 6.64. The smallest absolute Gasteiger partial charge is 0.433 e. The Hall–Kier alpha value is -3.08. The van der Waals surface area contributed by atoms with Gasteiger partial charge in [0.25, 0.3) is 0 Å². The van der Waals surface area contributed by atoms with Crippen LogP contribution in [0, 0.1) is 26.9 Å². The van der Waals surface area contributed by atoms with Gasteiger partial charge in [-0.25, -0.2) is 0 Å². The maximum Gasteiger partial charge on any atom is 0.433 e. The number of hydrogen-bond donors (Lipinski definition) is 1. The van der Waals surface area contributed by atoms with Crippen molar-refractivity contribution in [1.82, 2.24) is 0 Å². The van der Waals surface area contributed by atoms with E-state index >= 15 is 0 Å². The topological polar surface area (TPSA) is 132 Å². The molecule has 0 spiro atoms. The number of hydrogen-bond acceptors (Lipinski definition) is 7. The largest absolute Gasteiger partial charge is 0.444 e. The molecular formula is C16H15N3O5. The van der Waals surface area contributed by atoms with Crippen LogP contribution in [0.4, 0.5) is 5.88 Å². The number of nitro groups is 1. The van der Waals surface area contributed by atoms with Crippen LogP contribution in [-0.4, -0.2) is 10.7 Å². The van der Waals surface area contributed by atoms with Gasteiger partial charge in [0.05, 0.1) is 12.0 Å². The normalized spacial score (nSPS) is 22.7. The van der Waals surface area contributed by atoms with Crippen LogP contribution in [0.2, 0.25) is 0 Å². The van der Waals surface area contributed by atoms with Crippen LogP contribution in [-0.2, 0) is 9.53 Å². The third-order valence-electron chi connectivity index (χ3n) is 4.15. The monoisotopic (exact) mass is 329 g/mol. The molecule has 0 saturated heterocycles. The van der Waals surface area contributed by atoms with E-state index in [9.17, 15) is 20.2 Å². The number of ether oxygens (including phenoxy) is 1. The van der Waals surface area contributed by atoms with Crippen molar-refractivity contribution in [2.45, 2.75) is 32.6 Å². The van der Waals surface area contributed by atoms with Crippen molar-refractivity contribution in [2.75, 3.05) is 0 Å².